The maximum absolute atomic E-state index is 13.1. The molecule has 0 saturated carbocycles. The SMILES string of the molecule is CCCCNS(=O)(=O)c1ccc(OCC(=O)N(Cc2ccccc2)Cc2ccccc2)c(Cl)c1. The highest BCUT2D eigenvalue weighted by atomic mass is 35.5. The fraction of sp³-hybridized carbons (Fsp3) is 0.269. The van der Waals surface area contributed by atoms with E-state index in [9.17, 15) is 13.2 Å². The van der Waals surface area contributed by atoms with E-state index in [0.29, 0.717) is 19.6 Å². The maximum Gasteiger partial charge on any atom is 0.261 e. The van der Waals surface area contributed by atoms with Crippen LogP contribution in [0.15, 0.2) is 83.8 Å². The summed E-state index contributed by atoms with van der Waals surface area (Å²) in [5, 5.41) is 0.129. The fourth-order valence-electron chi connectivity index (χ4n) is 3.30. The molecule has 3 aromatic carbocycles. The zero-order valence-electron chi connectivity index (χ0n) is 19.1. The summed E-state index contributed by atoms with van der Waals surface area (Å²) in [4.78, 5) is 14.8. The summed E-state index contributed by atoms with van der Waals surface area (Å²) in [6.07, 6.45) is 1.63. The van der Waals surface area contributed by atoms with Gasteiger partial charge in [0.2, 0.25) is 10.0 Å². The van der Waals surface area contributed by atoms with Gasteiger partial charge in [0.15, 0.2) is 6.61 Å². The van der Waals surface area contributed by atoms with Crippen LogP contribution in [0.2, 0.25) is 5.02 Å². The summed E-state index contributed by atoms with van der Waals surface area (Å²) in [6, 6.07) is 23.7. The normalized spacial score (nSPS) is 11.2. The third-order valence-corrected chi connectivity index (χ3v) is 6.93. The second kappa shape index (κ2) is 12.6. The topological polar surface area (TPSA) is 75.7 Å². The van der Waals surface area contributed by atoms with Crippen LogP contribution in [-0.4, -0.2) is 32.4 Å². The Balaban J connectivity index is 1.68. The Kier molecular flexibility index (Phi) is 9.51. The van der Waals surface area contributed by atoms with E-state index in [1.165, 1.54) is 18.2 Å². The Morgan fingerprint density at radius 1 is 0.941 bits per heavy atom. The van der Waals surface area contributed by atoms with E-state index >= 15 is 0 Å². The van der Waals surface area contributed by atoms with E-state index in [2.05, 4.69) is 4.72 Å². The van der Waals surface area contributed by atoms with E-state index in [1.807, 2.05) is 67.6 Å². The minimum absolute atomic E-state index is 0.0575. The first-order valence-corrected chi connectivity index (χ1v) is 13.0. The molecular weight excluding hydrogens is 472 g/mol. The molecule has 0 fully saturated rings. The second-order valence-corrected chi connectivity index (χ2v) is 10.0. The highest BCUT2D eigenvalue weighted by Gasteiger charge is 2.18. The van der Waals surface area contributed by atoms with Gasteiger partial charge in [-0.3, -0.25) is 4.79 Å². The summed E-state index contributed by atoms with van der Waals surface area (Å²) >= 11 is 6.28. The van der Waals surface area contributed by atoms with Crippen molar-refractivity contribution in [1.82, 2.24) is 9.62 Å². The Bertz CT molecular complexity index is 1130. The average molecular weight is 501 g/mol. The maximum atomic E-state index is 13.1. The molecular formula is C26H29ClN2O4S. The lowest BCUT2D eigenvalue weighted by molar-refractivity contribution is -0.134. The first-order valence-electron chi connectivity index (χ1n) is 11.2. The van der Waals surface area contributed by atoms with Crippen LogP contribution in [0.3, 0.4) is 0 Å². The zero-order valence-corrected chi connectivity index (χ0v) is 20.7. The minimum atomic E-state index is -3.65. The average Bonchev–Trinajstić information content (AvgIpc) is 2.84. The van der Waals surface area contributed by atoms with Gasteiger partial charge in [-0.25, -0.2) is 13.1 Å². The molecule has 1 amide bonds. The number of hydrogen-bond donors (Lipinski definition) is 1. The van der Waals surface area contributed by atoms with Crippen LogP contribution >= 0.6 is 11.6 Å². The molecule has 0 saturated heterocycles. The highest BCUT2D eigenvalue weighted by molar-refractivity contribution is 7.89. The van der Waals surface area contributed by atoms with Gasteiger partial charge in [-0.15, -0.1) is 0 Å². The van der Waals surface area contributed by atoms with Crippen LogP contribution in [0.1, 0.15) is 30.9 Å². The van der Waals surface area contributed by atoms with Gasteiger partial charge < -0.3 is 9.64 Å². The molecule has 0 heterocycles. The number of hydrogen-bond acceptors (Lipinski definition) is 4. The first kappa shape index (κ1) is 25.7. The van der Waals surface area contributed by atoms with Gasteiger partial charge in [0.1, 0.15) is 5.75 Å². The van der Waals surface area contributed by atoms with Crippen LogP contribution < -0.4 is 9.46 Å². The first-order chi connectivity index (χ1) is 16.4. The molecule has 0 bridgehead atoms. The van der Waals surface area contributed by atoms with Gasteiger partial charge in [-0.1, -0.05) is 85.6 Å². The molecule has 0 radical (unpaired) electrons. The summed E-state index contributed by atoms with van der Waals surface area (Å²) in [5.74, 6) is 0.0450. The van der Waals surface area contributed by atoms with E-state index in [-0.39, 0.29) is 28.2 Å². The number of carbonyl (C=O) groups excluding carboxylic acids is 1. The highest BCUT2D eigenvalue weighted by Crippen LogP contribution is 2.27. The summed E-state index contributed by atoms with van der Waals surface area (Å²) in [6.45, 7) is 3.00. The molecule has 180 valence electrons. The van der Waals surface area contributed by atoms with Crippen molar-refractivity contribution in [3.8, 4) is 5.75 Å². The van der Waals surface area contributed by atoms with E-state index < -0.39 is 10.0 Å². The quantitative estimate of drug-likeness (QED) is 0.354. The Hall–Kier alpha value is -2.87. The van der Waals surface area contributed by atoms with Crippen molar-refractivity contribution < 1.29 is 17.9 Å². The third-order valence-electron chi connectivity index (χ3n) is 5.17. The van der Waals surface area contributed by atoms with Gasteiger partial charge in [0.25, 0.3) is 5.91 Å². The Labute approximate surface area is 206 Å². The molecule has 3 rings (SSSR count). The number of nitrogens with zero attached hydrogens (tertiary/aromatic N) is 1. The van der Waals surface area contributed by atoms with Crippen molar-refractivity contribution in [2.24, 2.45) is 0 Å². The van der Waals surface area contributed by atoms with Crippen molar-refractivity contribution in [3.63, 3.8) is 0 Å². The Morgan fingerprint density at radius 3 is 2.06 bits per heavy atom. The fourth-order valence-corrected chi connectivity index (χ4v) is 4.70. The van der Waals surface area contributed by atoms with Gasteiger partial charge in [0.05, 0.1) is 9.92 Å². The zero-order chi connectivity index (χ0) is 24.4. The third kappa shape index (κ3) is 7.58. The Morgan fingerprint density at radius 2 is 1.53 bits per heavy atom. The van der Waals surface area contributed by atoms with Crippen LogP contribution in [0, 0.1) is 0 Å². The van der Waals surface area contributed by atoms with E-state index in [0.717, 1.165) is 24.0 Å². The molecule has 6 nitrogen and oxygen atoms in total. The molecule has 8 heteroatoms. The smallest absolute Gasteiger partial charge is 0.261 e. The van der Waals surface area contributed by atoms with Crippen LogP contribution in [0.4, 0.5) is 0 Å². The predicted octanol–water partition coefficient (Wildman–Crippen LogP) is 5.03. The van der Waals surface area contributed by atoms with Crippen LogP contribution in [0.25, 0.3) is 0 Å². The predicted molar refractivity (Wildman–Crippen MR) is 134 cm³/mol. The number of nitrogens with one attached hydrogen (secondary N) is 1. The van der Waals surface area contributed by atoms with Crippen LogP contribution in [-0.2, 0) is 27.9 Å². The second-order valence-electron chi connectivity index (χ2n) is 7.85. The number of sulfonamides is 1. The standard InChI is InChI=1S/C26H29ClN2O4S/c1-2-3-16-28-34(31,32)23-14-15-25(24(27)17-23)33-20-26(30)29(18-21-10-6-4-7-11-21)19-22-12-8-5-9-13-22/h4-15,17,28H,2-3,16,18-20H2,1H3. The summed E-state index contributed by atoms with van der Waals surface area (Å²) < 4.78 is 33.0. The number of amides is 1. The van der Waals surface area contributed by atoms with Crippen molar-refractivity contribution in [2.75, 3.05) is 13.2 Å². The number of halogens is 1. The molecule has 0 atom stereocenters. The van der Waals surface area contributed by atoms with Crippen molar-refractivity contribution in [3.05, 3.63) is 95.0 Å². The molecule has 0 aromatic heterocycles. The van der Waals surface area contributed by atoms with Gasteiger partial charge in [-0.05, 0) is 35.7 Å². The number of unbranched alkanes of at least 4 members (excludes halogenated alkanes) is 1. The van der Waals surface area contributed by atoms with Gasteiger partial charge in [-0.2, -0.15) is 0 Å². The molecule has 1 N–H and O–H groups in total. The largest absolute Gasteiger partial charge is 0.482 e. The summed E-state index contributed by atoms with van der Waals surface area (Å²) in [7, 11) is -3.65. The number of rotatable bonds is 12. The van der Waals surface area contributed by atoms with Gasteiger partial charge in [0, 0.05) is 19.6 Å². The molecule has 0 aliphatic rings. The number of benzene rings is 3. The summed E-state index contributed by atoms with van der Waals surface area (Å²) in [5.41, 5.74) is 2.02. The monoisotopic (exact) mass is 500 g/mol. The van der Waals surface area contributed by atoms with Crippen molar-refractivity contribution in [2.45, 2.75) is 37.8 Å². The number of ether oxygens (including phenoxy) is 1. The minimum Gasteiger partial charge on any atom is -0.482 e. The lowest BCUT2D eigenvalue weighted by atomic mass is 10.1. The van der Waals surface area contributed by atoms with Crippen molar-refractivity contribution >= 4 is 27.5 Å². The van der Waals surface area contributed by atoms with E-state index in [1.54, 1.807) is 4.90 Å². The molecule has 0 spiro atoms. The lowest BCUT2D eigenvalue weighted by Gasteiger charge is -2.23. The molecule has 3 aromatic rings. The molecule has 34 heavy (non-hydrogen) atoms. The van der Waals surface area contributed by atoms with Crippen molar-refractivity contribution in [1.29, 1.82) is 0 Å². The molecule has 0 aliphatic heterocycles. The molecule has 0 unspecified atom stereocenters. The van der Waals surface area contributed by atoms with E-state index in [4.69, 9.17) is 16.3 Å². The van der Waals surface area contributed by atoms with Gasteiger partial charge >= 0.3 is 0 Å². The molecule has 0 aliphatic carbocycles. The van der Waals surface area contributed by atoms with Crippen LogP contribution in [0.5, 0.6) is 5.75 Å². The number of carbonyl (C=O) groups is 1. The lowest BCUT2D eigenvalue weighted by Crippen LogP contribution is -2.34.